The average Bonchev–Trinajstić information content (AvgIpc) is 3.34. The lowest BCUT2D eigenvalue weighted by molar-refractivity contribution is -0.139. The number of aromatic nitrogens is 1. The van der Waals surface area contributed by atoms with E-state index in [1.807, 2.05) is 71.0 Å². The normalized spacial score (nSPS) is 16.5. The van der Waals surface area contributed by atoms with Gasteiger partial charge in [0, 0.05) is 35.2 Å². The highest BCUT2D eigenvalue weighted by atomic mass is 35.5. The lowest BCUT2D eigenvalue weighted by Crippen LogP contribution is -2.38. The van der Waals surface area contributed by atoms with Crippen LogP contribution in [0.15, 0.2) is 101 Å². The Kier molecular flexibility index (Phi) is 7.91. The summed E-state index contributed by atoms with van der Waals surface area (Å²) in [6.45, 7) is 2.39. The van der Waals surface area contributed by atoms with Gasteiger partial charge in [0.2, 0.25) is 5.91 Å². The van der Waals surface area contributed by atoms with Crippen LogP contribution >= 0.6 is 23.4 Å². The van der Waals surface area contributed by atoms with Crippen molar-refractivity contribution in [1.29, 1.82) is 0 Å². The van der Waals surface area contributed by atoms with Crippen molar-refractivity contribution in [3.8, 4) is 0 Å². The topological polar surface area (TPSA) is 83.9 Å². The number of hydrogen-bond acceptors (Lipinski definition) is 7. The summed E-state index contributed by atoms with van der Waals surface area (Å²) >= 11 is 7.82. The quantitative estimate of drug-likeness (QED) is 0.365. The number of rotatable bonds is 8. The van der Waals surface area contributed by atoms with Crippen LogP contribution in [0.3, 0.4) is 0 Å². The van der Waals surface area contributed by atoms with Gasteiger partial charge in [-0.15, -0.1) is 0 Å². The number of nitrogens with zero attached hydrogens (tertiary/aromatic N) is 3. The fraction of sp³-hybridized carbons (Fsp3) is 0.172. The van der Waals surface area contributed by atoms with Gasteiger partial charge >= 0.3 is 5.97 Å². The average molecular weight is 545 g/mol. The summed E-state index contributed by atoms with van der Waals surface area (Å²) in [7, 11) is 0. The second kappa shape index (κ2) is 11.7. The molecule has 0 saturated heterocycles. The molecule has 0 saturated carbocycles. The summed E-state index contributed by atoms with van der Waals surface area (Å²) in [5, 5.41) is 6.11. The number of nitrogens with one attached hydrogen (secondary N) is 1. The molecule has 1 amide bonds. The number of fused-ring (bicyclic) bond motifs is 1. The van der Waals surface area contributed by atoms with Gasteiger partial charge in [-0.05, 0) is 47.7 Å². The number of amidine groups is 1. The number of aliphatic imine (C=N–C) groups is 1. The number of carbonyl (C=O) groups excluding carboxylic acids is 2. The Hall–Kier alpha value is -3.88. The third kappa shape index (κ3) is 5.51. The van der Waals surface area contributed by atoms with E-state index in [1.165, 1.54) is 11.8 Å². The van der Waals surface area contributed by atoms with Gasteiger partial charge < -0.3 is 15.0 Å². The Morgan fingerprint density at radius 3 is 2.61 bits per heavy atom. The van der Waals surface area contributed by atoms with Crippen LogP contribution in [-0.4, -0.2) is 33.5 Å². The lowest BCUT2D eigenvalue weighted by atomic mass is 9.91. The minimum Gasteiger partial charge on any atom is -0.463 e. The minimum absolute atomic E-state index is 0.116. The van der Waals surface area contributed by atoms with Crippen molar-refractivity contribution < 1.29 is 14.3 Å². The first-order valence-corrected chi connectivity index (χ1v) is 13.4. The molecule has 1 atom stereocenters. The van der Waals surface area contributed by atoms with E-state index in [-0.39, 0.29) is 18.9 Å². The highest BCUT2D eigenvalue weighted by molar-refractivity contribution is 8.16. The van der Waals surface area contributed by atoms with Crippen molar-refractivity contribution >= 4 is 46.1 Å². The number of amides is 1. The number of hydrogen-bond donors (Lipinski definition) is 1. The molecule has 0 radical (unpaired) electrons. The first kappa shape index (κ1) is 25.8. The maximum absolute atomic E-state index is 13.5. The first-order chi connectivity index (χ1) is 18.5. The van der Waals surface area contributed by atoms with Crippen LogP contribution in [0, 0.1) is 0 Å². The predicted octanol–water partition coefficient (Wildman–Crippen LogP) is 5.72. The monoisotopic (exact) mass is 544 g/mol. The summed E-state index contributed by atoms with van der Waals surface area (Å²) < 4.78 is 5.53. The number of pyridine rings is 1. The third-order valence-electron chi connectivity index (χ3n) is 6.10. The summed E-state index contributed by atoms with van der Waals surface area (Å²) in [5.41, 5.74) is 4.24. The smallest absolute Gasteiger partial charge is 0.338 e. The van der Waals surface area contributed by atoms with Gasteiger partial charge in [0.05, 0.1) is 30.3 Å². The zero-order valence-electron chi connectivity index (χ0n) is 20.6. The number of carbonyl (C=O) groups is 2. The number of esters is 1. The van der Waals surface area contributed by atoms with Crippen LogP contribution in [0.1, 0.15) is 36.1 Å². The molecular weight excluding hydrogens is 520 g/mol. The second-order valence-corrected chi connectivity index (χ2v) is 9.88. The third-order valence-corrected chi connectivity index (χ3v) is 7.22. The predicted molar refractivity (Wildman–Crippen MR) is 150 cm³/mol. The van der Waals surface area contributed by atoms with Gasteiger partial charge in [0.1, 0.15) is 0 Å². The van der Waals surface area contributed by atoms with Crippen molar-refractivity contribution in [3.63, 3.8) is 0 Å². The van der Waals surface area contributed by atoms with Crippen LogP contribution in [0.4, 0.5) is 0 Å². The molecule has 2 aliphatic heterocycles. The Bertz CT molecular complexity index is 1440. The molecule has 0 aliphatic carbocycles. The second-order valence-electron chi connectivity index (χ2n) is 8.61. The molecule has 0 fully saturated rings. The molecule has 2 aliphatic rings. The van der Waals surface area contributed by atoms with Crippen LogP contribution in [0.2, 0.25) is 5.02 Å². The number of halogens is 1. The lowest BCUT2D eigenvalue weighted by Gasteiger charge is -2.36. The molecule has 7 nitrogen and oxygen atoms in total. The van der Waals surface area contributed by atoms with Gasteiger partial charge in [-0.3, -0.25) is 9.78 Å². The molecule has 1 N–H and O–H groups in total. The molecule has 0 bridgehead atoms. The molecule has 1 unspecified atom stereocenters. The highest BCUT2D eigenvalue weighted by Gasteiger charge is 2.42. The molecule has 9 heteroatoms. The van der Waals surface area contributed by atoms with Crippen molar-refractivity contribution in [2.24, 2.45) is 4.99 Å². The summed E-state index contributed by atoms with van der Waals surface area (Å²) in [6.07, 6.45) is 3.50. The first-order valence-electron chi connectivity index (χ1n) is 12.2. The van der Waals surface area contributed by atoms with Gasteiger partial charge in [-0.25, -0.2) is 9.79 Å². The Labute approximate surface area is 230 Å². The summed E-state index contributed by atoms with van der Waals surface area (Å²) in [6, 6.07) is 20.1. The van der Waals surface area contributed by atoms with Crippen LogP contribution < -0.4 is 5.32 Å². The van der Waals surface area contributed by atoms with Gasteiger partial charge in [0.15, 0.2) is 5.17 Å². The molecule has 5 rings (SSSR count). The maximum atomic E-state index is 13.5. The van der Waals surface area contributed by atoms with Crippen molar-refractivity contribution in [2.75, 3.05) is 6.61 Å². The molecule has 2 aromatic carbocycles. The largest absolute Gasteiger partial charge is 0.463 e. The fourth-order valence-corrected chi connectivity index (χ4v) is 5.53. The number of benzene rings is 2. The molecule has 3 heterocycles. The zero-order valence-corrected chi connectivity index (χ0v) is 22.2. The summed E-state index contributed by atoms with van der Waals surface area (Å²) in [5.74, 6) is -0.604. The SMILES string of the molecule is CCOC(=O)C1=C(c2ccccc2)N=C2SC=C(CC(=O)NCc3ccncc3)N2C1c1cccc(Cl)c1. The van der Waals surface area contributed by atoms with Crippen LogP contribution in [-0.2, 0) is 20.9 Å². The highest BCUT2D eigenvalue weighted by Crippen LogP contribution is 2.47. The van der Waals surface area contributed by atoms with E-state index < -0.39 is 12.0 Å². The van der Waals surface area contributed by atoms with Gasteiger partial charge in [-0.2, -0.15) is 0 Å². The minimum atomic E-state index is -0.579. The summed E-state index contributed by atoms with van der Waals surface area (Å²) in [4.78, 5) is 37.4. The molecule has 0 spiro atoms. The molecule has 38 heavy (non-hydrogen) atoms. The Balaban J connectivity index is 1.53. The maximum Gasteiger partial charge on any atom is 0.338 e. The van der Waals surface area contributed by atoms with Crippen LogP contribution in [0.5, 0.6) is 0 Å². The van der Waals surface area contributed by atoms with Crippen molar-refractivity contribution in [2.45, 2.75) is 25.9 Å². The molecular formula is C29H25ClN4O3S. The molecule has 192 valence electrons. The van der Waals surface area contributed by atoms with E-state index >= 15 is 0 Å². The fourth-order valence-electron chi connectivity index (χ4n) is 4.41. The van der Waals surface area contributed by atoms with E-state index in [9.17, 15) is 9.59 Å². The number of thioether (sulfide) groups is 1. The van der Waals surface area contributed by atoms with Crippen molar-refractivity contribution in [1.82, 2.24) is 15.2 Å². The zero-order chi connectivity index (χ0) is 26.5. The van der Waals surface area contributed by atoms with Crippen LogP contribution in [0.25, 0.3) is 5.70 Å². The van der Waals surface area contributed by atoms with Crippen molar-refractivity contribution in [3.05, 3.63) is 118 Å². The molecule has 1 aromatic heterocycles. The van der Waals surface area contributed by atoms with E-state index in [2.05, 4.69) is 10.3 Å². The Morgan fingerprint density at radius 2 is 1.87 bits per heavy atom. The molecule has 3 aromatic rings. The Morgan fingerprint density at radius 1 is 1.08 bits per heavy atom. The standard InChI is InChI=1S/C29H25ClN4O3S/c1-2-37-28(36)25-26(20-7-4-3-5-8-20)33-29-34(27(25)21-9-6-10-22(30)15-21)23(18-38-29)16-24(35)32-17-19-11-13-31-14-12-19/h3-15,18,27H,2,16-17H2,1H3,(H,32,35). The number of ether oxygens (including phenoxy) is 1. The van der Waals surface area contributed by atoms with E-state index in [0.717, 1.165) is 22.4 Å². The van der Waals surface area contributed by atoms with E-state index in [1.54, 1.807) is 25.4 Å². The van der Waals surface area contributed by atoms with E-state index in [4.69, 9.17) is 21.3 Å². The van der Waals surface area contributed by atoms with Gasteiger partial charge in [-0.1, -0.05) is 65.8 Å². The van der Waals surface area contributed by atoms with E-state index in [0.29, 0.717) is 28.0 Å². The van der Waals surface area contributed by atoms with Gasteiger partial charge in [0.25, 0.3) is 0 Å².